The van der Waals surface area contributed by atoms with Gasteiger partial charge in [0.1, 0.15) is 12.4 Å². The number of carbonyl (C=O) groups is 1. The summed E-state index contributed by atoms with van der Waals surface area (Å²) in [7, 11) is 0. The van der Waals surface area contributed by atoms with Crippen molar-refractivity contribution in [2.45, 2.75) is 6.92 Å². The molecule has 2 rings (SSSR count). The molecule has 2 N–H and O–H groups in total. The molecule has 4 nitrogen and oxygen atoms in total. The second kappa shape index (κ2) is 7.94. The molecule has 0 spiro atoms. The lowest BCUT2D eigenvalue weighted by molar-refractivity contribution is 0.0947. The van der Waals surface area contributed by atoms with E-state index < -0.39 is 0 Å². The normalized spacial score (nSPS) is 9.95. The summed E-state index contributed by atoms with van der Waals surface area (Å²) in [5, 5.41) is 6.03. The minimum Gasteiger partial charge on any atom is -0.492 e. The van der Waals surface area contributed by atoms with Crippen LogP contribution in [0.4, 0.5) is 5.69 Å². The number of amides is 1. The Morgan fingerprint density at radius 2 is 1.76 bits per heavy atom. The number of benzene rings is 2. The third-order valence-electron chi connectivity index (χ3n) is 2.93. The molecule has 2 aromatic carbocycles. The van der Waals surface area contributed by atoms with Gasteiger partial charge in [-0.25, -0.2) is 0 Å². The predicted molar refractivity (Wildman–Crippen MR) is 84.9 cm³/mol. The lowest BCUT2D eigenvalue weighted by Crippen LogP contribution is -2.28. The zero-order valence-corrected chi connectivity index (χ0v) is 12.1. The molecule has 0 fully saturated rings. The number of anilines is 1. The Hall–Kier alpha value is -2.49. The van der Waals surface area contributed by atoms with Gasteiger partial charge in [-0.3, -0.25) is 4.79 Å². The van der Waals surface area contributed by atoms with Gasteiger partial charge in [-0.05, 0) is 43.3 Å². The first-order valence-electron chi connectivity index (χ1n) is 7.09. The fourth-order valence-corrected chi connectivity index (χ4v) is 1.90. The van der Waals surface area contributed by atoms with E-state index in [1.54, 1.807) is 0 Å². The lowest BCUT2D eigenvalue weighted by atomic mass is 10.2. The second-order valence-electron chi connectivity index (χ2n) is 4.53. The zero-order valence-electron chi connectivity index (χ0n) is 12.1. The summed E-state index contributed by atoms with van der Waals surface area (Å²) < 4.78 is 5.52. The molecule has 0 aromatic heterocycles. The minimum absolute atomic E-state index is 0.0882. The molecule has 1 amide bonds. The molecule has 0 radical (unpaired) electrons. The number of ether oxygens (including phenoxy) is 1. The van der Waals surface area contributed by atoms with E-state index in [0.29, 0.717) is 18.7 Å². The lowest BCUT2D eigenvalue weighted by Gasteiger charge is -2.08. The van der Waals surface area contributed by atoms with E-state index in [4.69, 9.17) is 4.74 Å². The van der Waals surface area contributed by atoms with Crippen LogP contribution in [-0.4, -0.2) is 25.6 Å². The van der Waals surface area contributed by atoms with E-state index in [2.05, 4.69) is 10.6 Å². The van der Waals surface area contributed by atoms with E-state index in [1.807, 2.05) is 61.5 Å². The molecule has 2 aromatic rings. The summed E-state index contributed by atoms with van der Waals surface area (Å²) in [6, 6.07) is 17.0. The smallest absolute Gasteiger partial charge is 0.251 e. The fourth-order valence-electron chi connectivity index (χ4n) is 1.90. The first-order valence-corrected chi connectivity index (χ1v) is 7.09. The highest BCUT2D eigenvalue weighted by Crippen LogP contribution is 2.09. The number of para-hydroxylation sites is 1. The highest BCUT2D eigenvalue weighted by molar-refractivity contribution is 5.94. The average Bonchev–Trinajstić information content (AvgIpc) is 2.53. The van der Waals surface area contributed by atoms with Crippen molar-refractivity contribution in [2.24, 2.45) is 0 Å². The van der Waals surface area contributed by atoms with Crippen molar-refractivity contribution in [2.75, 3.05) is 25.0 Å². The predicted octanol–water partition coefficient (Wildman–Crippen LogP) is 2.93. The van der Waals surface area contributed by atoms with Crippen molar-refractivity contribution in [3.05, 3.63) is 60.2 Å². The number of carbonyl (C=O) groups excluding carboxylic acids is 1. The number of hydrogen-bond donors (Lipinski definition) is 2. The monoisotopic (exact) mass is 284 g/mol. The largest absolute Gasteiger partial charge is 0.492 e. The Morgan fingerprint density at radius 3 is 2.43 bits per heavy atom. The molecular weight excluding hydrogens is 264 g/mol. The highest BCUT2D eigenvalue weighted by Gasteiger charge is 2.04. The van der Waals surface area contributed by atoms with Crippen molar-refractivity contribution < 1.29 is 9.53 Å². The zero-order chi connectivity index (χ0) is 14.9. The first kappa shape index (κ1) is 14.9. The molecule has 0 saturated heterocycles. The topological polar surface area (TPSA) is 50.4 Å². The number of rotatable bonds is 7. The molecule has 21 heavy (non-hydrogen) atoms. The van der Waals surface area contributed by atoms with Crippen LogP contribution in [0.1, 0.15) is 17.3 Å². The highest BCUT2D eigenvalue weighted by atomic mass is 16.5. The SMILES string of the molecule is CCNc1ccc(C(=O)NCCOc2ccccc2)cc1. The van der Waals surface area contributed by atoms with Gasteiger partial charge in [0.15, 0.2) is 0 Å². The van der Waals surface area contributed by atoms with Crippen LogP contribution in [0.25, 0.3) is 0 Å². The Bertz CT molecular complexity index is 553. The van der Waals surface area contributed by atoms with Gasteiger partial charge in [-0.1, -0.05) is 18.2 Å². The van der Waals surface area contributed by atoms with E-state index in [0.717, 1.165) is 18.0 Å². The molecule has 110 valence electrons. The molecule has 0 heterocycles. The van der Waals surface area contributed by atoms with Gasteiger partial charge in [0.25, 0.3) is 5.91 Å². The van der Waals surface area contributed by atoms with Crippen molar-refractivity contribution in [1.29, 1.82) is 0 Å². The summed E-state index contributed by atoms with van der Waals surface area (Å²) >= 11 is 0. The van der Waals surface area contributed by atoms with Crippen LogP contribution in [0.3, 0.4) is 0 Å². The number of nitrogens with one attached hydrogen (secondary N) is 2. The molecular formula is C17H20N2O2. The Kier molecular flexibility index (Phi) is 5.64. The minimum atomic E-state index is -0.0882. The van der Waals surface area contributed by atoms with Gasteiger partial charge in [-0.2, -0.15) is 0 Å². The van der Waals surface area contributed by atoms with Gasteiger partial charge in [0, 0.05) is 17.8 Å². The van der Waals surface area contributed by atoms with Gasteiger partial charge in [-0.15, -0.1) is 0 Å². The van der Waals surface area contributed by atoms with Crippen molar-refractivity contribution >= 4 is 11.6 Å². The Morgan fingerprint density at radius 1 is 1.05 bits per heavy atom. The molecule has 0 aliphatic carbocycles. The van der Waals surface area contributed by atoms with Crippen LogP contribution in [0.5, 0.6) is 5.75 Å². The van der Waals surface area contributed by atoms with Gasteiger partial charge >= 0.3 is 0 Å². The molecule has 0 bridgehead atoms. The third-order valence-corrected chi connectivity index (χ3v) is 2.93. The summed E-state index contributed by atoms with van der Waals surface area (Å²) in [4.78, 5) is 11.9. The van der Waals surface area contributed by atoms with E-state index >= 15 is 0 Å². The molecule has 0 atom stereocenters. The van der Waals surface area contributed by atoms with Crippen molar-refractivity contribution in [1.82, 2.24) is 5.32 Å². The Labute approximate surface area is 125 Å². The van der Waals surface area contributed by atoms with E-state index in [1.165, 1.54) is 0 Å². The maximum Gasteiger partial charge on any atom is 0.251 e. The maximum absolute atomic E-state index is 11.9. The average molecular weight is 284 g/mol. The van der Waals surface area contributed by atoms with Gasteiger partial charge in [0.2, 0.25) is 0 Å². The van der Waals surface area contributed by atoms with Gasteiger partial charge < -0.3 is 15.4 Å². The van der Waals surface area contributed by atoms with Gasteiger partial charge in [0.05, 0.1) is 6.54 Å². The molecule has 0 aliphatic rings. The quantitative estimate of drug-likeness (QED) is 0.769. The third kappa shape index (κ3) is 4.84. The summed E-state index contributed by atoms with van der Waals surface area (Å²) in [5.41, 5.74) is 1.66. The maximum atomic E-state index is 11.9. The van der Waals surface area contributed by atoms with E-state index in [9.17, 15) is 4.79 Å². The van der Waals surface area contributed by atoms with Crippen LogP contribution < -0.4 is 15.4 Å². The Balaban J connectivity index is 1.74. The van der Waals surface area contributed by atoms with Crippen molar-refractivity contribution in [3.63, 3.8) is 0 Å². The van der Waals surface area contributed by atoms with Crippen LogP contribution in [-0.2, 0) is 0 Å². The van der Waals surface area contributed by atoms with Crippen LogP contribution in [0.15, 0.2) is 54.6 Å². The molecule has 0 unspecified atom stereocenters. The van der Waals surface area contributed by atoms with E-state index in [-0.39, 0.29) is 5.91 Å². The van der Waals surface area contributed by atoms with Crippen LogP contribution in [0.2, 0.25) is 0 Å². The number of hydrogen-bond acceptors (Lipinski definition) is 3. The van der Waals surface area contributed by atoms with Crippen LogP contribution in [0, 0.1) is 0 Å². The second-order valence-corrected chi connectivity index (χ2v) is 4.53. The van der Waals surface area contributed by atoms with Crippen LogP contribution >= 0.6 is 0 Å². The standard InChI is InChI=1S/C17H20N2O2/c1-2-18-15-10-8-14(9-11-15)17(20)19-12-13-21-16-6-4-3-5-7-16/h3-11,18H,2,12-13H2,1H3,(H,19,20). The fraction of sp³-hybridized carbons (Fsp3) is 0.235. The summed E-state index contributed by atoms with van der Waals surface area (Å²) in [6.45, 7) is 3.82. The first-order chi connectivity index (χ1) is 10.3. The summed E-state index contributed by atoms with van der Waals surface area (Å²) in [6.07, 6.45) is 0. The molecule has 0 aliphatic heterocycles. The van der Waals surface area contributed by atoms with Crippen molar-refractivity contribution in [3.8, 4) is 5.75 Å². The molecule has 4 heteroatoms. The molecule has 0 saturated carbocycles. The summed E-state index contributed by atoms with van der Waals surface area (Å²) in [5.74, 6) is 0.719.